The summed E-state index contributed by atoms with van der Waals surface area (Å²) in [5.74, 6) is -1.21. The highest BCUT2D eigenvalue weighted by Gasteiger charge is 2.19. The van der Waals surface area contributed by atoms with E-state index in [4.69, 9.17) is 4.74 Å². The van der Waals surface area contributed by atoms with Crippen molar-refractivity contribution in [2.75, 3.05) is 6.54 Å². The van der Waals surface area contributed by atoms with Gasteiger partial charge in [0.2, 0.25) is 0 Å². The van der Waals surface area contributed by atoms with Crippen LogP contribution in [-0.2, 0) is 4.74 Å². The van der Waals surface area contributed by atoms with E-state index in [9.17, 15) is 13.6 Å². The Kier molecular flexibility index (Phi) is 6.94. The lowest BCUT2D eigenvalue weighted by atomic mass is 10.1. The van der Waals surface area contributed by atoms with Crippen molar-refractivity contribution in [1.82, 2.24) is 10.6 Å². The van der Waals surface area contributed by atoms with Crippen LogP contribution in [0, 0.1) is 11.6 Å². The molecule has 0 saturated carbocycles. The molecule has 1 aromatic carbocycles. The summed E-state index contributed by atoms with van der Waals surface area (Å²) in [5.41, 5.74) is -0.0306. The van der Waals surface area contributed by atoms with Gasteiger partial charge in [-0.3, -0.25) is 0 Å². The second-order valence-corrected chi connectivity index (χ2v) is 6.58. The summed E-state index contributed by atoms with van der Waals surface area (Å²) in [5, 5.41) is 5.95. The molecule has 4 nitrogen and oxygen atoms in total. The minimum absolute atomic E-state index is 0.134. The van der Waals surface area contributed by atoms with Crippen LogP contribution in [0.3, 0.4) is 0 Å². The summed E-state index contributed by atoms with van der Waals surface area (Å²) in [6, 6.07) is 3.06. The molecule has 6 heteroatoms. The summed E-state index contributed by atoms with van der Waals surface area (Å²) in [4.78, 5) is 11.8. The molecule has 1 aromatic rings. The fourth-order valence-corrected chi connectivity index (χ4v) is 2.03. The quantitative estimate of drug-likeness (QED) is 0.832. The zero-order chi connectivity index (χ0) is 17.6. The number of hydrogen-bond acceptors (Lipinski definition) is 3. The number of benzene rings is 1. The number of carbonyl (C=O) groups excluding carboxylic acids is 1. The first kappa shape index (κ1) is 19.4. The summed E-state index contributed by atoms with van der Waals surface area (Å²) >= 11 is 0. The Morgan fingerprint density at radius 3 is 2.26 bits per heavy atom. The van der Waals surface area contributed by atoms with Gasteiger partial charge in [-0.2, -0.15) is 0 Å². The van der Waals surface area contributed by atoms with Crippen LogP contribution >= 0.6 is 0 Å². The van der Waals surface area contributed by atoms with Crippen LogP contribution < -0.4 is 10.6 Å². The van der Waals surface area contributed by atoms with Crippen molar-refractivity contribution in [3.8, 4) is 0 Å². The highest BCUT2D eigenvalue weighted by Crippen LogP contribution is 2.16. The van der Waals surface area contributed by atoms with Gasteiger partial charge in [-0.15, -0.1) is 0 Å². The molecule has 2 atom stereocenters. The first-order valence-electron chi connectivity index (χ1n) is 7.79. The van der Waals surface area contributed by atoms with Crippen molar-refractivity contribution in [3.63, 3.8) is 0 Å². The minimum Gasteiger partial charge on any atom is -0.444 e. The van der Waals surface area contributed by atoms with E-state index in [1.807, 2.05) is 13.8 Å². The van der Waals surface area contributed by atoms with Gasteiger partial charge >= 0.3 is 6.09 Å². The summed E-state index contributed by atoms with van der Waals surface area (Å²) in [7, 11) is 0. The standard InChI is InChI=1S/C17H26F2N2O2/c1-6-15(21-16(22)23-17(3,4)5)10-20-11(2)12-7-13(18)9-14(19)8-12/h7-9,11,15,20H,6,10H2,1-5H3,(H,21,22). The molecule has 0 saturated heterocycles. The molecule has 0 fully saturated rings. The van der Waals surface area contributed by atoms with Crippen molar-refractivity contribution in [1.29, 1.82) is 0 Å². The van der Waals surface area contributed by atoms with E-state index in [2.05, 4.69) is 10.6 Å². The molecule has 0 spiro atoms. The molecule has 0 aliphatic rings. The lowest BCUT2D eigenvalue weighted by molar-refractivity contribution is 0.0502. The number of halogens is 2. The fraction of sp³-hybridized carbons (Fsp3) is 0.588. The molecule has 1 amide bonds. The van der Waals surface area contributed by atoms with Gasteiger partial charge in [0.15, 0.2) is 0 Å². The van der Waals surface area contributed by atoms with Gasteiger partial charge in [-0.1, -0.05) is 6.92 Å². The summed E-state index contributed by atoms with van der Waals surface area (Å²) in [6.07, 6.45) is 0.229. The number of amides is 1. The molecule has 0 aliphatic carbocycles. The van der Waals surface area contributed by atoms with Gasteiger partial charge in [0.25, 0.3) is 0 Å². The monoisotopic (exact) mass is 328 g/mol. The molecule has 1 rings (SSSR count). The van der Waals surface area contributed by atoms with E-state index in [1.165, 1.54) is 12.1 Å². The third-order valence-electron chi connectivity index (χ3n) is 3.27. The number of ether oxygens (including phenoxy) is 1. The topological polar surface area (TPSA) is 50.4 Å². The van der Waals surface area contributed by atoms with Crippen molar-refractivity contribution in [2.45, 2.75) is 58.7 Å². The number of carbonyl (C=O) groups is 1. The Bertz CT molecular complexity index is 510. The first-order chi connectivity index (χ1) is 10.6. The van der Waals surface area contributed by atoms with Crippen molar-refractivity contribution in [3.05, 3.63) is 35.4 Å². The molecule has 0 radical (unpaired) electrons. The predicted octanol–water partition coefficient (Wildman–Crippen LogP) is 3.92. The van der Waals surface area contributed by atoms with E-state index < -0.39 is 23.3 Å². The van der Waals surface area contributed by atoms with Crippen LogP contribution in [0.25, 0.3) is 0 Å². The highest BCUT2D eigenvalue weighted by atomic mass is 19.1. The molecule has 130 valence electrons. The maximum Gasteiger partial charge on any atom is 0.407 e. The minimum atomic E-state index is -0.604. The average Bonchev–Trinajstić information content (AvgIpc) is 2.39. The van der Waals surface area contributed by atoms with Crippen molar-refractivity contribution >= 4 is 6.09 Å². The lowest BCUT2D eigenvalue weighted by Crippen LogP contribution is -2.44. The Labute approximate surface area is 136 Å². The number of rotatable bonds is 6. The summed E-state index contributed by atoms with van der Waals surface area (Å²) in [6.45, 7) is 9.62. The predicted molar refractivity (Wildman–Crippen MR) is 86.2 cm³/mol. The number of nitrogens with one attached hydrogen (secondary N) is 2. The summed E-state index contributed by atoms with van der Waals surface area (Å²) < 4.78 is 31.7. The average molecular weight is 328 g/mol. The third kappa shape index (κ3) is 7.41. The highest BCUT2D eigenvalue weighted by molar-refractivity contribution is 5.68. The molecule has 0 bridgehead atoms. The SMILES string of the molecule is CCC(CNC(C)c1cc(F)cc(F)c1)NC(=O)OC(C)(C)C. The first-order valence-corrected chi connectivity index (χ1v) is 7.79. The fourth-order valence-electron chi connectivity index (χ4n) is 2.03. The second-order valence-electron chi connectivity index (χ2n) is 6.58. The second kappa shape index (κ2) is 8.24. The van der Waals surface area contributed by atoms with E-state index in [1.54, 1.807) is 20.8 Å². The Balaban J connectivity index is 2.55. The molecule has 0 heterocycles. The Hall–Kier alpha value is -1.69. The van der Waals surface area contributed by atoms with Gasteiger partial charge in [0.05, 0.1) is 0 Å². The van der Waals surface area contributed by atoms with Gasteiger partial charge < -0.3 is 15.4 Å². The van der Waals surface area contributed by atoms with Crippen molar-refractivity contribution < 1.29 is 18.3 Å². The van der Waals surface area contributed by atoms with E-state index in [0.29, 0.717) is 18.5 Å². The maximum atomic E-state index is 13.2. The molecule has 0 aromatic heterocycles. The largest absolute Gasteiger partial charge is 0.444 e. The van der Waals surface area contributed by atoms with Crippen LogP contribution in [0.2, 0.25) is 0 Å². The van der Waals surface area contributed by atoms with Crippen LogP contribution in [0.5, 0.6) is 0 Å². The van der Waals surface area contributed by atoms with Crippen molar-refractivity contribution in [2.24, 2.45) is 0 Å². The molecular formula is C17H26F2N2O2. The number of hydrogen-bond donors (Lipinski definition) is 2. The zero-order valence-corrected chi connectivity index (χ0v) is 14.4. The van der Waals surface area contributed by atoms with Crippen LogP contribution in [0.1, 0.15) is 52.6 Å². The van der Waals surface area contributed by atoms with Crippen LogP contribution in [-0.4, -0.2) is 24.3 Å². The smallest absolute Gasteiger partial charge is 0.407 e. The van der Waals surface area contributed by atoms with Gasteiger partial charge in [0, 0.05) is 24.7 Å². The molecule has 23 heavy (non-hydrogen) atoms. The molecule has 0 aliphatic heterocycles. The van der Waals surface area contributed by atoms with Gasteiger partial charge in [-0.25, -0.2) is 13.6 Å². The Morgan fingerprint density at radius 1 is 1.22 bits per heavy atom. The normalized spacial score (nSPS) is 14.2. The van der Waals surface area contributed by atoms with Gasteiger partial charge in [0.1, 0.15) is 17.2 Å². The lowest BCUT2D eigenvalue weighted by Gasteiger charge is -2.24. The zero-order valence-electron chi connectivity index (χ0n) is 14.4. The third-order valence-corrected chi connectivity index (χ3v) is 3.27. The van der Waals surface area contributed by atoms with E-state index in [-0.39, 0.29) is 12.1 Å². The van der Waals surface area contributed by atoms with E-state index >= 15 is 0 Å². The van der Waals surface area contributed by atoms with Crippen LogP contribution in [0.4, 0.5) is 13.6 Å². The molecular weight excluding hydrogens is 302 g/mol. The van der Waals surface area contributed by atoms with Gasteiger partial charge in [-0.05, 0) is 51.8 Å². The maximum absolute atomic E-state index is 13.2. The number of alkyl carbamates (subject to hydrolysis) is 1. The van der Waals surface area contributed by atoms with Crippen LogP contribution in [0.15, 0.2) is 18.2 Å². The molecule has 2 unspecified atom stereocenters. The Morgan fingerprint density at radius 2 is 1.78 bits per heavy atom. The van der Waals surface area contributed by atoms with E-state index in [0.717, 1.165) is 6.07 Å². The molecule has 2 N–H and O–H groups in total.